The Morgan fingerprint density at radius 3 is 2.31 bits per heavy atom. The number of aliphatic hydroxyl groups is 1. The Morgan fingerprint density at radius 1 is 1.19 bits per heavy atom. The number of allylic oxidation sites excluding steroid dienone is 4. The van der Waals surface area contributed by atoms with E-state index in [0.717, 1.165) is 5.56 Å². The Balaban J connectivity index is 2.66. The second-order valence-corrected chi connectivity index (χ2v) is 7.74. The summed E-state index contributed by atoms with van der Waals surface area (Å²) in [6, 6.07) is 10.0. The summed E-state index contributed by atoms with van der Waals surface area (Å²) in [5.41, 5.74) is 0.402. The number of aliphatic hydroxyl groups excluding tert-OH is 1. The number of hydrogen-bond acceptors (Lipinski definition) is 3. The molecule has 142 valence electrons. The van der Waals surface area contributed by atoms with Crippen molar-refractivity contribution in [2.24, 2.45) is 11.8 Å². The van der Waals surface area contributed by atoms with Gasteiger partial charge in [0.15, 0.2) is 0 Å². The van der Waals surface area contributed by atoms with Gasteiger partial charge in [0.05, 0.1) is 11.5 Å². The van der Waals surface area contributed by atoms with E-state index in [1.807, 2.05) is 51.0 Å². The predicted octanol–water partition coefficient (Wildman–Crippen LogP) is 3.98. The van der Waals surface area contributed by atoms with Crippen molar-refractivity contribution in [3.8, 4) is 0 Å². The van der Waals surface area contributed by atoms with Gasteiger partial charge in [0.25, 0.3) is 0 Å². The third-order valence-corrected chi connectivity index (χ3v) is 5.84. The second kappa shape index (κ2) is 8.79. The highest BCUT2D eigenvalue weighted by molar-refractivity contribution is 5.91. The molecule has 3 heteroatoms. The summed E-state index contributed by atoms with van der Waals surface area (Å²) in [4.78, 5) is 15.5. The van der Waals surface area contributed by atoms with Gasteiger partial charge < -0.3 is 10.0 Å². The number of rotatable bonds is 8. The molecular weight excluding hydrogens is 322 g/mol. The first kappa shape index (κ1) is 20.6. The second-order valence-electron chi connectivity index (χ2n) is 7.74. The molecule has 0 aliphatic heterocycles. The highest BCUT2D eigenvalue weighted by Crippen LogP contribution is 2.45. The molecule has 0 radical (unpaired) electrons. The molecular formula is C23H33NO2. The lowest BCUT2D eigenvalue weighted by Gasteiger charge is -2.45. The van der Waals surface area contributed by atoms with Gasteiger partial charge in [-0.15, -0.1) is 0 Å². The highest BCUT2D eigenvalue weighted by atomic mass is 16.3. The summed E-state index contributed by atoms with van der Waals surface area (Å²) in [5, 5.41) is 10.4. The van der Waals surface area contributed by atoms with Crippen molar-refractivity contribution in [2.45, 2.75) is 51.2 Å². The van der Waals surface area contributed by atoms with Gasteiger partial charge in [-0.3, -0.25) is 4.79 Å². The van der Waals surface area contributed by atoms with E-state index in [1.165, 1.54) is 0 Å². The number of hydrogen-bond donors (Lipinski definition) is 1. The van der Waals surface area contributed by atoms with Crippen LogP contribution in [0, 0.1) is 11.8 Å². The number of likely N-dealkylation sites (N-methyl/N-ethyl adjacent to an activating group) is 1. The van der Waals surface area contributed by atoms with Gasteiger partial charge >= 0.3 is 0 Å². The number of nitrogens with zero attached hydrogens (tertiary/aromatic N) is 1. The first-order chi connectivity index (χ1) is 12.3. The summed E-state index contributed by atoms with van der Waals surface area (Å²) in [6.07, 6.45) is 9.04. The molecule has 0 aromatic heterocycles. The topological polar surface area (TPSA) is 40.5 Å². The molecule has 1 aromatic rings. The van der Waals surface area contributed by atoms with Crippen LogP contribution in [0.25, 0.3) is 0 Å². The summed E-state index contributed by atoms with van der Waals surface area (Å²) in [5.74, 6) is 0.573. The van der Waals surface area contributed by atoms with Crippen LogP contribution in [0.4, 0.5) is 0 Å². The van der Waals surface area contributed by atoms with E-state index in [1.54, 1.807) is 0 Å². The summed E-state index contributed by atoms with van der Waals surface area (Å²) in [6.45, 7) is 5.94. The van der Waals surface area contributed by atoms with E-state index >= 15 is 0 Å². The van der Waals surface area contributed by atoms with Crippen molar-refractivity contribution in [3.05, 3.63) is 60.2 Å². The van der Waals surface area contributed by atoms with Crippen LogP contribution in [0.15, 0.2) is 54.6 Å². The van der Waals surface area contributed by atoms with Crippen molar-refractivity contribution < 1.29 is 9.90 Å². The van der Waals surface area contributed by atoms with Gasteiger partial charge in [0, 0.05) is 12.5 Å². The molecule has 0 amide bonds. The molecule has 1 aliphatic carbocycles. The van der Waals surface area contributed by atoms with Crippen molar-refractivity contribution in [1.29, 1.82) is 0 Å². The first-order valence-electron chi connectivity index (χ1n) is 9.62. The molecule has 1 aromatic carbocycles. The average molecular weight is 356 g/mol. The third kappa shape index (κ3) is 3.99. The monoisotopic (exact) mass is 355 g/mol. The number of Topliss-reactive ketones (excluding diaryl/α,β-unsaturated/α-hetero) is 1. The smallest absolute Gasteiger partial charge is 0.143 e. The molecule has 4 unspecified atom stereocenters. The van der Waals surface area contributed by atoms with Crippen molar-refractivity contribution in [1.82, 2.24) is 4.90 Å². The Hall–Kier alpha value is -1.71. The molecule has 0 saturated heterocycles. The minimum absolute atomic E-state index is 0.0727. The van der Waals surface area contributed by atoms with E-state index in [0.29, 0.717) is 12.8 Å². The van der Waals surface area contributed by atoms with Gasteiger partial charge in [-0.25, -0.2) is 0 Å². The van der Waals surface area contributed by atoms with Gasteiger partial charge in [-0.1, -0.05) is 68.5 Å². The predicted molar refractivity (Wildman–Crippen MR) is 108 cm³/mol. The summed E-state index contributed by atoms with van der Waals surface area (Å²) >= 11 is 0. The van der Waals surface area contributed by atoms with Crippen molar-refractivity contribution >= 4 is 5.78 Å². The average Bonchev–Trinajstić information content (AvgIpc) is 2.63. The Morgan fingerprint density at radius 2 is 1.81 bits per heavy atom. The summed E-state index contributed by atoms with van der Waals surface area (Å²) in [7, 11) is 3.95. The standard InChI is InChI=1S/C23H33NO2/c1-6-22(26)23(19-13-8-7-9-14-19,16-21(18(3)25)24(4)5)20-15-11-10-12-17(20)2/h7-15,17-18,20-21,25H,6,16H2,1-5H3/t17?,18?,20?,21-,23?/m1/s1. The molecule has 0 heterocycles. The Kier molecular flexibility index (Phi) is 6.96. The number of benzene rings is 1. The Bertz CT molecular complexity index is 639. The first-order valence-corrected chi connectivity index (χ1v) is 9.62. The van der Waals surface area contributed by atoms with Crippen molar-refractivity contribution in [2.75, 3.05) is 14.1 Å². The fourth-order valence-corrected chi connectivity index (χ4v) is 4.40. The van der Waals surface area contributed by atoms with Crippen LogP contribution < -0.4 is 0 Å². The largest absolute Gasteiger partial charge is 0.392 e. The SMILES string of the molecule is CCC(=O)C(C[C@H](C(C)O)N(C)C)(c1ccccc1)C1C=CC=CC1C. The molecule has 0 bridgehead atoms. The van der Waals surface area contributed by atoms with Crippen LogP contribution in [0.3, 0.4) is 0 Å². The molecule has 0 saturated carbocycles. The van der Waals surface area contributed by atoms with Crippen LogP contribution in [0.2, 0.25) is 0 Å². The zero-order valence-electron chi connectivity index (χ0n) is 16.7. The van der Waals surface area contributed by atoms with Crippen LogP contribution in [0.1, 0.15) is 39.2 Å². The van der Waals surface area contributed by atoms with Crippen LogP contribution in [-0.2, 0) is 10.2 Å². The van der Waals surface area contributed by atoms with E-state index in [-0.39, 0.29) is 23.7 Å². The lowest BCUT2D eigenvalue weighted by Crippen LogP contribution is -2.51. The molecule has 0 spiro atoms. The third-order valence-electron chi connectivity index (χ3n) is 5.84. The minimum atomic E-state index is -0.650. The van der Waals surface area contributed by atoms with E-state index < -0.39 is 11.5 Å². The van der Waals surface area contributed by atoms with Crippen LogP contribution in [-0.4, -0.2) is 42.0 Å². The minimum Gasteiger partial charge on any atom is -0.392 e. The molecule has 1 aliphatic rings. The van der Waals surface area contributed by atoms with Gasteiger partial charge in [-0.2, -0.15) is 0 Å². The normalized spacial score (nSPS) is 24.3. The van der Waals surface area contributed by atoms with E-state index in [2.05, 4.69) is 43.4 Å². The highest BCUT2D eigenvalue weighted by Gasteiger charge is 2.48. The van der Waals surface area contributed by atoms with Gasteiger partial charge in [-0.05, 0) is 44.8 Å². The maximum atomic E-state index is 13.5. The molecule has 5 atom stereocenters. The number of carbonyl (C=O) groups is 1. The number of ketones is 1. The van der Waals surface area contributed by atoms with E-state index in [4.69, 9.17) is 0 Å². The zero-order valence-corrected chi connectivity index (χ0v) is 16.7. The zero-order chi connectivity index (χ0) is 19.3. The molecule has 3 nitrogen and oxygen atoms in total. The molecule has 1 N–H and O–H groups in total. The molecule has 26 heavy (non-hydrogen) atoms. The molecule has 2 rings (SSSR count). The number of carbonyl (C=O) groups excluding carboxylic acids is 1. The van der Waals surface area contributed by atoms with Crippen LogP contribution >= 0.6 is 0 Å². The fourth-order valence-electron chi connectivity index (χ4n) is 4.40. The van der Waals surface area contributed by atoms with Gasteiger partial charge in [0.2, 0.25) is 0 Å². The summed E-state index contributed by atoms with van der Waals surface area (Å²) < 4.78 is 0. The lowest BCUT2D eigenvalue weighted by molar-refractivity contribution is -0.127. The molecule has 0 fully saturated rings. The quantitative estimate of drug-likeness (QED) is 0.767. The lowest BCUT2D eigenvalue weighted by atomic mass is 9.59. The Labute approximate surface area is 158 Å². The van der Waals surface area contributed by atoms with Crippen molar-refractivity contribution in [3.63, 3.8) is 0 Å². The fraction of sp³-hybridized carbons (Fsp3) is 0.522. The van der Waals surface area contributed by atoms with Gasteiger partial charge in [0.1, 0.15) is 5.78 Å². The van der Waals surface area contributed by atoms with Crippen LogP contribution in [0.5, 0.6) is 0 Å². The maximum Gasteiger partial charge on any atom is 0.143 e. The van der Waals surface area contributed by atoms with E-state index in [9.17, 15) is 9.90 Å². The maximum absolute atomic E-state index is 13.5.